The van der Waals surface area contributed by atoms with Crippen LogP contribution in [0, 0.1) is 5.92 Å². The summed E-state index contributed by atoms with van der Waals surface area (Å²) in [6, 6.07) is 5.18. The van der Waals surface area contributed by atoms with Crippen molar-refractivity contribution in [2.24, 2.45) is 5.92 Å². The van der Waals surface area contributed by atoms with Crippen LogP contribution in [-0.4, -0.2) is 32.7 Å². The second-order valence-corrected chi connectivity index (χ2v) is 8.67. The van der Waals surface area contributed by atoms with Gasteiger partial charge < -0.3 is 5.32 Å². The first-order valence-electron chi connectivity index (χ1n) is 8.19. The van der Waals surface area contributed by atoms with Crippen molar-refractivity contribution in [1.29, 1.82) is 0 Å². The van der Waals surface area contributed by atoms with E-state index in [-0.39, 0.29) is 17.7 Å². The summed E-state index contributed by atoms with van der Waals surface area (Å²) in [5, 5.41) is 2.91. The van der Waals surface area contributed by atoms with Crippen LogP contribution < -0.4 is 9.62 Å². The van der Waals surface area contributed by atoms with Crippen molar-refractivity contribution in [2.45, 2.75) is 46.6 Å². The Kier molecular flexibility index (Phi) is 5.34. The number of rotatable bonds is 6. The largest absolute Gasteiger partial charge is 0.352 e. The minimum Gasteiger partial charge on any atom is -0.352 e. The zero-order chi connectivity index (χ0) is 17.2. The molecule has 1 amide bonds. The lowest BCUT2D eigenvalue weighted by Gasteiger charge is -2.23. The van der Waals surface area contributed by atoms with Crippen LogP contribution in [0.4, 0.5) is 5.69 Å². The molecule has 5 nitrogen and oxygen atoms in total. The number of benzene rings is 1. The second-order valence-electron chi connectivity index (χ2n) is 6.53. The first-order chi connectivity index (χ1) is 10.8. The molecule has 0 bridgehead atoms. The fourth-order valence-electron chi connectivity index (χ4n) is 2.88. The minimum atomic E-state index is -3.28. The van der Waals surface area contributed by atoms with Crippen LogP contribution in [0.25, 0.3) is 0 Å². The summed E-state index contributed by atoms with van der Waals surface area (Å²) in [5.41, 5.74) is 2.22. The van der Waals surface area contributed by atoms with Crippen molar-refractivity contribution in [3.05, 3.63) is 29.3 Å². The van der Waals surface area contributed by atoms with Gasteiger partial charge in [0.15, 0.2) is 0 Å². The normalized spacial score (nSPS) is 17.4. The van der Waals surface area contributed by atoms with Gasteiger partial charge >= 0.3 is 0 Å². The average Bonchev–Trinajstić information content (AvgIpc) is 2.82. The quantitative estimate of drug-likeness (QED) is 0.867. The third-order valence-electron chi connectivity index (χ3n) is 4.17. The number of carbonyl (C=O) groups excluding carboxylic acids is 1. The number of anilines is 1. The van der Waals surface area contributed by atoms with Crippen molar-refractivity contribution in [1.82, 2.24) is 5.32 Å². The molecule has 1 aliphatic heterocycles. The molecule has 6 heteroatoms. The van der Waals surface area contributed by atoms with E-state index >= 15 is 0 Å². The summed E-state index contributed by atoms with van der Waals surface area (Å²) in [6.45, 7) is 8.43. The van der Waals surface area contributed by atoms with E-state index in [1.807, 2.05) is 13.0 Å². The van der Waals surface area contributed by atoms with Crippen LogP contribution in [0.1, 0.15) is 50.0 Å². The summed E-state index contributed by atoms with van der Waals surface area (Å²) in [5.74, 6) is 0.524. The Bertz CT molecular complexity index is 683. The molecule has 0 aliphatic carbocycles. The molecular formula is C17H26N2O3S. The topological polar surface area (TPSA) is 66.5 Å². The molecular weight excluding hydrogens is 312 g/mol. The van der Waals surface area contributed by atoms with Gasteiger partial charge in [-0.15, -0.1) is 0 Å². The lowest BCUT2D eigenvalue weighted by Crippen LogP contribution is -2.36. The van der Waals surface area contributed by atoms with E-state index in [4.69, 9.17) is 0 Å². The second kappa shape index (κ2) is 6.91. The molecule has 1 aromatic carbocycles. The van der Waals surface area contributed by atoms with Gasteiger partial charge in [0.1, 0.15) is 0 Å². The molecule has 128 valence electrons. The van der Waals surface area contributed by atoms with Crippen molar-refractivity contribution >= 4 is 21.6 Å². The Labute approximate surface area is 139 Å². The molecule has 0 radical (unpaired) electrons. The third kappa shape index (κ3) is 3.86. The number of fused-ring (bicyclic) bond motifs is 1. The number of nitrogens with zero attached hydrogens (tertiary/aromatic N) is 1. The van der Waals surface area contributed by atoms with Crippen LogP contribution in [0.3, 0.4) is 0 Å². The van der Waals surface area contributed by atoms with Crippen LogP contribution in [0.15, 0.2) is 18.2 Å². The van der Waals surface area contributed by atoms with E-state index in [9.17, 15) is 13.2 Å². The third-order valence-corrected chi connectivity index (χ3v) is 6.05. The molecule has 1 aromatic rings. The zero-order valence-electron chi connectivity index (χ0n) is 14.3. The smallest absolute Gasteiger partial charge is 0.251 e. The molecule has 1 heterocycles. The summed E-state index contributed by atoms with van der Waals surface area (Å²) in [7, 11) is -3.28. The van der Waals surface area contributed by atoms with E-state index < -0.39 is 10.0 Å². The SMILES string of the molecule is CCS(=O)(=O)N1c2ccc(C(=O)NCCC(C)C)cc2C[C@@H]1C. The van der Waals surface area contributed by atoms with Gasteiger partial charge in [-0.2, -0.15) is 0 Å². The van der Waals surface area contributed by atoms with Crippen molar-refractivity contribution in [2.75, 3.05) is 16.6 Å². The number of carbonyl (C=O) groups is 1. The average molecular weight is 338 g/mol. The molecule has 0 fully saturated rings. The van der Waals surface area contributed by atoms with Crippen molar-refractivity contribution in [3.8, 4) is 0 Å². The van der Waals surface area contributed by atoms with E-state index in [2.05, 4.69) is 19.2 Å². The fraction of sp³-hybridized carbons (Fsp3) is 0.588. The summed E-state index contributed by atoms with van der Waals surface area (Å²) < 4.78 is 26.0. The van der Waals surface area contributed by atoms with Crippen LogP contribution in [0.5, 0.6) is 0 Å². The molecule has 23 heavy (non-hydrogen) atoms. The van der Waals surface area contributed by atoms with Crippen molar-refractivity contribution < 1.29 is 13.2 Å². The minimum absolute atomic E-state index is 0.0776. The lowest BCUT2D eigenvalue weighted by molar-refractivity contribution is 0.0952. The summed E-state index contributed by atoms with van der Waals surface area (Å²) >= 11 is 0. The molecule has 0 spiro atoms. The summed E-state index contributed by atoms with van der Waals surface area (Å²) in [4.78, 5) is 12.2. The molecule has 0 aromatic heterocycles. The van der Waals surface area contributed by atoms with Crippen LogP contribution >= 0.6 is 0 Å². The molecule has 0 unspecified atom stereocenters. The highest BCUT2D eigenvalue weighted by atomic mass is 32.2. The van der Waals surface area contributed by atoms with Gasteiger partial charge in [-0.3, -0.25) is 9.10 Å². The number of hydrogen-bond acceptors (Lipinski definition) is 3. The summed E-state index contributed by atoms with van der Waals surface area (Å²) in [6.07, 6.45) is 1.58. The Morgan fingerprint density at radius 1 is 1.39 bits per heavy atom. The molecule has 1 aliphatic rings. The van der Waals surface area contributed by atoms with Gasteiger partial charge in [0.25, 0.3) is 5.91 Å². The monoisotopic (exact) mass is 338 g/mol. The lowest BCUT2D eigenvalue weighted by atomic mass is 10.1. The Morgan fingerprint density at radius 3 is 2.70 bits per heavy atom. The predicted octanol–water partition coefficient (Wildman–Crippen LogP) is 2.56. The van der Waals surface area contributed by atoms with E-state index in [1.54, 1.807) is 19.1 Å². The molecule has 0 saturated heterocycles. The van der Waals surface area contributed by atoms with E-state index in [0.29, 0.717) is 30.1 Å². The Morgan fingerprint density at radius 2 is 2.09 bits per heavy atom. The van der Waals surface area contributed by atoms with Gasteiger partial charge in [-0.25, -0.2) is 8.42 Å². The fourth-order valence-corrected chi connectivity index (χ4v) is 4.26. The molecule has 0 saturated carbocycles. The van der Waals surface area contributed by atoms with Crippen LogP contribution in [-0.2, 0) is 16.4 Å². The number of nitrogens with one attached hydrogen (secondary N) is 1. The highest BCUT2D eigenvalue weighted by Gasteiger charge is 2.34. The number of sulfonamides is 1. The first-order valence-corrected chi connectivity index (χ1v) is 9.80. The Hall–Kier alpha value is -1.56. The molecule has 1 atom stereocenters. The van der Waals surface area contributed by atoms with Gasteiger partial charge in [-0.1, -0.05) is 13.8 Å². The molecule has 1 N–H and O–H groups in total. The predicted molar refractivity (Wildman–Crippen MR) is 93.3 cm³/mol. The zero-order valence-corrected chi connectivity index (χ0v) is 15.1. The highest BCUT2D eigenvalue weighted by molar-refractivity contribution is 7.92. The number of hydrogen-bond donors (Lipinski definition) is 1. The maximum absolute atomic E-state index is 12.2. The standard InChI is InChI=1S/C17H26N2O3S/c1-5-23(21,22)19-13(4)10-15-11-14(6-7-16(15)19)17(20)18-9-8-12(2)3/h6-7,11-13H,5,8-10H2,1-4H3,(H,18,20)/t13-/m0/s1. The number of amides is 1. The van der Waals surface area contributed by atoms with Gasteiger partial charge in [0.05, 0.1) is 11.4 Å². The first kappa shape index (κ1) is 17.8. The van der Waals surface area contributed by atoms with E-state index in [1.165, 1.54) is 4.31 Å². The Balaban J connectivity index is 2.19. The van der Waals surface area contributed by atoms with Gasteiger partial charge in [0.2, 0.25) is 10.0 Å². The highest BCUT2D eigenvalue weighted by Crippen LogP contribution is 2.35. The van der Waals surface area contributed by atoms with E-state index in [0.717, 1.165) is 12.0 Å². The van der Waals surface area contributed by atoms with Crippen molar-refractivity contribution in [3.63, 3.8) is 0 Å². The van der Waals surface area contributed by atoms with Gasteiger partial charge in [-0.05, 0) is 56.4 Å². The maximum atomic E-state index is 12.2. The van der Waals surface area contributed by atoms with Crippen LogP contribution in [0.2, 0.25) is 0 Å². The maximum Gasteiger partial charge on any atom is 0.251 e. The molecule has 2 rings (SSSR count). The van der Waals surface area contributed by atoms with Gasteiger partial charge in [0, 0.05) is 18.2 Å².